The summed E-state index contributed by atoms with van der Waals surface area (Å²) in [6.45, 7) is 8.12. The number of ether oxygens (including phenoxy) is 1. The zero-order chi connectivity index (χ0) is 16.6. The fourth-order valence-electron chi connectivity index (χ4n) is 2.78. The second-order valence-corrected chi connectivity index (χ2v) is 6.22. The summed E-state index contributed by atoms with van der Waals surface area (Å²) < 4.78 is 5.24. The highest BCUT2D eigenvalue weighted by molar-refractivity contribution is 7.13. The first kappa shape index (κ1) is 15.5. The van der Waals surface area contributed by atoms with Crippen molar-refractivity contribution in [1.82, 2.24) is 9.88 Å². The van der Waals surface area contributed by atoms with E-state index in [1.165, 1.54) is 0 Å². The summed E-state index contributed by atoms with van der Waals surface area (Å²) in [6, 6.07) is 3.93. The van der Waals surface area contributed by atoms with Crippen LogP contribution in [0, 0.1) is 6.92 Å². The topological polar surface area (TPSA) is 42.4 Å². The Morgan fingerprint density at radius 2 is 2.26 bits per heavy atom. The van der Waals surface area contributed by atoms with E-state index in [-0.39, 0.29) is 5.91 Å². The van der Waals surface area contributed by atoms with Gasteiger partial charge >= 0.3 is 0 Å². The van der Waals surface area contributed by atoms with Crippen LogP contribution in [0.15, 0.2) is 41.9 Å². The van der Waals surface area contributed by atoms with Gasteiger partial charge in [0, 0.05) is 17.1 Å². The van der Waals surface area contributed by atoms with Crippen molar-refractivity contribution in [3.63, 3.8) is 0 Å². The predicted molar refractivity (Wildman–Crippen MR) is 92.7 cm³/mol. The molecule has 0 saturated heterocycles. The number of amides is 1. The second kappa shape index (κ2) is 6.01. The number of thiophene rings is 1. The van der Waals surface area contributed by atoms with Crippen molar-refractivity contribution in [2.24, 2.45) is 0 Å². The summed E-state index contributed by atoms with van der Waals surface area (Å²) in [5, 5.41) is 1.95. The SMILES string of the molecule is C=C/C(=C\C)N1Cc2nc(-c3cc(OC)cs3)cc(C)c2C1=O. The summed E-state index contributed by atoms with van der Waals surface area (Å²) in [7, 11) is 1.65. The van der Waals surface area contributed by atoms with E-state index >= 15 is 0 Å². The molecule has 0 atom stereocenters. The Labute approximate surface area is 139 Å². The fraction of sp³-hybridized carbons (Fsp3) is 0.222. The highest BCUT2D eigenvalue weighted by Crippen LogP contribution is 2.34. The van der Waals surface area contributed by atoms with Gasteiger partial charge < -0.3 is 9.64 Å². The van der Waals surface area contributed by atoms with Crippen molar-refractivity contribution in [3.8, 4) is 16.3 Å². The molecule has 1 amide bonds. The number of rotatable bonds is 4. The van der Waals surface area contributed by atoms with Gasteiger partial charge in [-0.15, -0.1) is 11.3 Å². The average molecular weight is 326 g/mol. The molecule has 0 aliphatic carbocycles. The van der Waals surface area contributed by atoms with Gasteiger partial charge in [0.25, 0.3) is 5.91 Å². The molecule has 2 aromatic heterocycles. The molecule has 0 saturated carbocycles. The lowest BCUT2D eigenvalue weighted by Crippen LogP contribution is -2.22. The Balaban J connectivity index is 2.03. The molecule has 0 bridgehead atoms. The molecule has 23 heavy (non-hydrogen) atoms. The summed E-state index contributed by atoms with van der Waals surface area (Å²) in [6.07, 6.45) is 3.58. The number of methoxy groups -OCH3 is 1. The molecule has 0 spiro atoms. The van der Waals surface area contributed by atoms with E-state index in [2.05, 4.69) is 6.58 Å². The van der Waals surface area contributed by atoms with Crippen LogP contribution in [0.4, 0.5) is 0 Å². The summed E-state index contributed by atoms with van der Waals surface area (Å²) in [5.74, 6) is 0.818. The number of carbonyl (C=O) groups is 1. The Bertz CT molecular complexity index is 820. The Hall–Kier alpha value is -2.40. The van der Waals surface area contributed by atoms with Crippen LogP contribution in [0.25, 0.3) is 10.6 Å². The van der Waals surface area contributed by atoms with Crippen LogP contribution in [-0.2, 0) is 6.54 Å². The van der Waals surface area contributed by atoms with Gasteiger partial charge in [0.15, 0.2) is 0 Å². The highest BCUT2D eigenvalue weighted by atomic mass is 32.1. The van der Waals surface area contributed by atoms with E-state index in [4.69, 9.17) is 9.72 Å². The highest BCUT2D eigenvalue weighted by Gasteiger charge is 2.32. The minimum atomic E-state index is -0.00619. The van der Waals surface area contributed by atoms with Crippen molar-refractivity contribution in [3.05, 3.63) is 58.8 Å². The first-order valence-corrected chi connectivity index (χ1v) is 8.21. The van der Waals surface area contributed by atoms with Gasteiger partial charge in [0.05, 0.1) is 35.5 Å². The number of aromatic nitrogens is 1. The zero-order valence-electron chi connectivity index (χ0n) is 13.4. The lowest BCUT2D eigenvalue weighted by atomic mass is 10.1. The van der Waals surface area contributed by atoms with Gasteiger partial charge in [-0.25, -0.2) is 4.98 Å². The van der Waals surface area contributed by atoms with Crippen LogP contribution in [0.5, 0.6) is 5.75 Å². The Morgan fingerprint density at radius 3 is 2.87 bits per heavy atom. The van der Waals surface area contributed by atoms with Crippen molar-refractivity contribution >= 4 is 17.2 Å². The predicted octanol–water partition coefficient (Wildman–Crippen LogP) is 4.17. The van der Waals surface area contributed by atoms with Gasteiger partial charge in [0.1, 0.15) is 5.75 Å². The van der Waals surface area contributed by atoms with Crippen LogP contribution in [0.1, 0.15) is 28.5 Å². The van der Waals surface area contributed by atoms with Gasteiger partial charge in [-0.05, 0) is 31.6 Å². The van der Waals surface area contributed by atoms with Crippen LogP contribution in [0.2, 0.25) is 0 Å². The molecule has 0 aromatic carbocycles. The molecule has 3 heterocycles. The first-order valence-electron chi connectivity index (χ1n) is 7.33. The minimum Gasteiger partial charge on any atom is -0.496 e. The van der Waals surface area contributed by atoms with Crippen molar-refractivity contribution in [1.29, 1.82) is 0 Å². The average Bonchev–Trinajstić information content (AvgIpc) is 3.14. The molecule has 0 radical (unpaired) electrons. The maximum atomic E-state index is 12.7. The summed E-state index contributed by atoms with van der Waals surface area (Å²) in [5.41, 5.74) is 4.16. The quantitative estimate of drug-likeness (QED) is 0.792. The van der Waals surface area contributed by atoms with E-state index < -0.39 is 0 Å². The molecule has 0 fully saturated rings. The summed E-state index contributed by atoms with van der Waals surface area (Å²) in [4.78, 5) is 20.1. The van der Waals surface area contributed by atoms with Gasteiger partial charge in [0.2, 0.25) is 0 Å². The third-order valence-electron chi connectivity index (χ3n) is 3.94. The number of hydrogen-bond donors (Lipinski definition) is 0. The second-order valence-electron chi connectivity index (χ2n) is 5.31. The first-order chi connectivity index (χ1) is 11.1. The number of aryl methyl sites for hydroxylation is 1. The van der Waals surface area contributed by atoms with Gasteiger partial charge in [-0.1, -0.05) is 12.7 Å². The standard InChI is InChI=1S/C18H18N2O2S/c1-5-12(6-2)20-9-15-17(18(20)21)11(3)7-14(19-15)16-8-13(22-4)10-23-16/h5-8,10H,1,9H2,2-4H3/b12-6+. The molecule has 4 nitrogen and oxygen atoms in total. The number of allylic oxidation sites excluding steroid dienone is 2. The lowest BCUT2D eigenvalue weighted by Gasteiger charge is -2.15. The largest absolute Gasteiger partial charge is 0.496 e. The Morgan fingerprint density at radius 1 is 1.48 bits per heavy atom. The van der Waals surface area contributed by atoms with E-state index in [0.717, 1.165) is 33.3 Å². The number of carbonyl (C=O) groups excluding carboxylic acids is 1. The lowest BCUT2D eigenvalue weighted by molar-refractivity contribution is 0.0830. The molecule has 118 valence electrons. The normalized spacial score (nSPS) is 14.1. The maximum absolute atomic E-state index is 12.7. The number of fused-ring (bicyclic) bond motifs is 1. The molecule has 0 N–H and O–H groups in total. The number of pyridine rings is 1. The third-order valence-corrected chi connectivity index (χ3v) is 4.87. The minimum absolute atomic E-state index is 0.00619. The molecule has 1 aliphatic rings. The van der Waals surface area contributed by atoms with Crippen molar-refractivity contribution in [2.75, 3.05) is 7.11 Å². The van der Waals surface area contributed by atoms with E-state index in [1.54, 1.807) is 29.4 Å². The number of nitrogens with zero attached hydrogens (tertiary/aromatic N) is 2. The smallest absolute Gasteiger partial charge is 0.260 e. The molecule has 1 aliphatic heterocycles. The van der Waals surface area contributed by atoms with Crippen LogP contribution < -0.4 is 4.74 Å². The molecule has 0 unspecified atom stereocenters. The van der Waals surface area contributed by atoms with Crippen LogP contribution >= 0.6 is 11.3 Å². The van der Waals surface area contributed by atoms with E-state index in [1.807, 2.05) is 37.4 Å². The molecule has 3 rings (SSSR count). The number of hydrogen-bond acceptors (Lipinski definition) is 4. The third kappa shape index (κ3) is 2.57. The van der Waals surface area contributed by atoms with E-state index in [0.29, 0.717) is 12.1 Å². The fourth-order valence-corrected chi connectivity index (χ4v) is 3.60. The van der Waals surface area contributed by atoms with Crippen LogP contribution in [-0.4, -0.2) is 22.9 Å². The van der Waals surface area contributed by atoms with E-state index in [9.17, 15) is 4.79 Å². The van der Waals surface area contributed by atoms with Gasteiger partial charge in [-0.3, -0.25) is 4.79 Å². The molecular formula is C18H18N2O2S. The van der Waals surface area contributed by atoms with Crippen LogP contribution in [0.3, 0.4) is 0 Å². The molecule has 2 aromatic rings. The maximum Gasteiger partial charge on any atom is 0.260 e. The monoisotopic (exact) mass is 326 g/mol. The van der Waals surface area contributed by atoms with Crippen molar-refractivity contribution < 1.29 is 9.53 Å². The summed E-state index contributed by atoms with van der Waals surface area (Å²) >= 11 is 1.58. The zero-order valence-corrected chi connectivity index (χ0v) is 14.2. The molecule has 5 heteroatoms. The van der Waals surface area contributed by atoms with Gasteiger partial charge in [-0.2, -0.15) is 0 Å². The van der Waals surface area contributed by atoms with Crippen molar-refractivity contribution in [2.45, 2.75) is 20.4 Å². The molecular weight excluding hydrogens is 308 g/mol. The Kier molecular flexibility index (Phi) is 4.05.